The molecule has 1 aromatic heterocycles. The highest BCUT2D eigenvalue weighted by Gasteiger charge is 2.31. The van der Waals surface area contributed by atoms with Crippen LogP contribution in [-0.4, -0.2) is 47.9 Å². The number of rotatable bonds is 7. The minimum atomic E-state index is -4.50. The van der Waals surface area contributed by atoms with E-state index in [4.69, 9.17) is 9.47 Å². The second-order valence-electron chi connectivity index (χ2n) is 6.57. The van der Waals surface area contributed by atoms with Gasteiger partial charge in [0.15, 0.2) is 11.4 Å². The molecule has 10 heteroatoms. The molecule has 0 saturated carbocycles. The Labute approximate surface area is 175 Å². The van der Waals surface area contributed by atoms with Crippen LogP contribution in [0.5, 0.6) is 11.5 Å². The van der Waals surface area contributed by atoms with Crippen LogP contribution in [0, 0.1) is 5.82 Å². The topological polar surface area (TPSA) is 56.6 Å². The predicted octanol–water partition coefficient (Wildman–Crippen LogP) is 4.19. The van der Waals surface area contributed by atoms with Gasteiger partial charge in [-0.25, -0.2) is 9.07 Å². The lowest BCUT2D eigenvalue weighted by atomic mass is 10.2. The van der Waals surface area contributed by atoms with E-state index in [0.29, 0.717) is 5.75 Å². The van der Waals surface area contributed by atoms with Gasteiger partial charge in [0.1, 0.15) is 18.2 Å². The summed E-state index contributed by atoms with van der Waals surface area (Å²) in [5, 5.41) is 4.12. The number of carbonyl (C=O) groups is 1. The maximum Gasteiger partial charge on any atom is 0.416 e. The van der Waals surface area contributed by atoms with Crippen molar-refractivity contribution in [3.05, 3.63) is 71.8 Å². The molecule has 0 saturated heterocycles. The smallest absolute Gasteiger partial charge is 0.416 e. The molecule has 0 N–H and O–H groups in total. The molecule has 3 rings (SSSR count). The van der Waals surface area contributed by atoms with E-state index in [1.54, 1.807) is 0 Å². The predicted molar refractivity (Wildman–Crippen MR) is 104 cm³/mol. The number of amides is 1. The van der Waals surface area contributed by atoms with Crippen molar-refractivity contribution in [2.75, 3.05) is 27.3 Å². The molecule has 31 heavy (non-hydrogen) atoms. The number of benzene rings is 2. The molecular weight excluding hydrogens is 418 g/mol. The summed E-state index contributed by atoms with van der Waals surface area (Å²) >= 11 is 0. The number of methoxy groups -OCH3 is 1. The second-order valence-corrected chi connectivity index (χ2v) is 6.57. The summed E-state index contributed by atoms with van der Waals surface area (Å²) in [5.41, 5.74) is -0.749. The fourth-order valence-corrected chi connectivity index (χ4v) is 2.73. The van der Waals surface area contributed by atoms with Crippen molar-refractivity contribution < 1.29 is 31.8 Å². The van der Waals surface area contributed by atoms with Crippen molar-refractivity contribution in [3.63, 3.8) is 0 Å². The summed E-state index contributed by atoms with van der Waals surface area (Å²) in [6.45, 7) is 0.334. The van der Waals surface area contributed by atoms with Gasteiger partial charge in [-0.3, -0.25) is 4.79 Å². The van der Waals surface area contributed by atoms with Crippen molar-refractivity contribution >= 4 is 5.91 Å². The molecule has 0 aliphatic heterocycles. The van der Waals surface area contributed by atoms with Crippen LogP contribution in [0.3, 0.4) is 0 Å². The Morgan fingerprint density at radius 2 is 1.87 bits per heavy atom. The second kappa shape index (κ2) is 9.07. The highest BCUT2D eigenvalue weighted by molar-refractivity contribution is 5.94. The van der Waals surface area contributed by atoms with Gasteiger partial charge < -0.3 is 14.4 Å². The first kappa shape index (κ1) is 22.1. The Hall–Kier alpha value is -3.56. The van der Waals surface area contributed by atoms with Gasteiger partial charge in [0.25, 0.3) is 5.91 Å². The summed E-state index contributed by atoms with van der Waals surface area (Å²) in [6, 6.07) is 10.0. The van der Waals surface area contributed by atoms with Crippen molar-refractivity contribution in [2.24, 2.45) is 0 Å². The number of halogens is 4. The van der Waals surface area contributed by atoms with E-state index in [1.807, 2.05) is 0 Å². The third kappa shape index (κ3) is 5.33. The first-order valence-corrected chi connectivity index (χ1v) is 9.14. The van der Waals surface area contributed by atoms with Crippen molar-refractivity contribution in [3.8, 4) is 17.2 Å². The lowest BCUT2D eigenvalue weighted by Crippen LogP contribution is -2.31. The zero-order valence-electron chi connectivity index (χ0n) is 16.7. The number of hydrogen-bond donors (Lipinski definition) is 0. The van der Waals surface area contributed by atoms with Crippen LogP contribution in [0.4, 0.5) is 17.6 Å². The molecule has 164 valence electrons. The first-order valence-electron chi connectivity index (χ1n) is 9.14. The summed E-state index contributed by atoms with van der Waals surface area (Å²) in [7, 11) is 2.86. The molecule has 3 aromatic rings. The Bertz CT molecular complexity index is 1050. The van der Waals surface area contributed by atoms with Crippen LogP contribution in [-0.2, 0) is 6.18 Å². The number of ether oxygens (including phenoxy) is 2. The molecule has 0 fully saturated rings. The van der Waals surface area contributed by atoms with Gasteiger partial charge in [0.2, 0.25) is 0 Å². The van der Waals surface area contributed by atoms with Crippen LogP contribution < -0.4 is 9.47 Å². The van der Waals surface area contributed by atoms with Crippen molar-refractivity contribution in [2.45, 2.75) is 6.18 Å². The average molecular weight is 437 g/mol. The van der Waals surface area contributed by atoms with E-state index < -0.39 is 17.6 Å². The molecular formula is C21H19F4N3O3. The number of likely N-dealkylation sites (N-methyl/N-ethyl adjacent to an activating group) is 1. The van der Waals surface area contributed by atoms with Crippen LogP contribution in [0.1, 0.15) is 16.1 Å². The Balaban J connectivity index is 1.72. The largest absolute Gasteiger partial charge is 0.493 e. The maximum absolute atomic E-state index is 13.0. The SMILES string of the molecule is COc1cn(-c2cccc(C(F)(F)F)c2)nc1C(=O)N(C)CCOc1ccc(F)cc1. The van der Waals surface area contributed by atoms with E-state index in [2.05, 4.69) is 5.10 Å². The Morgan fingerprint density at radius 3 is 2.52 bits per heavy atom. The number of carbonyl (C=O) groups excluding carboxylic acids is 1. The van der Waals surface area contributed by atoms with Gasteiger partial charge in [-0.15, -0.1) is 0 Å². The van der Waals surface area contributed by atoms with E-state index >= 15 is 0 Å². The zero-order chi connectivity index (χ0) is 22.6. The molecule has 1 amide bonds. The van der Waals surface area contributed by atoms with Crippen LogP contribution >= 0.6 is 0 Å². The maximum atomic E-state index is 13.0. The number of aromatic nitrogens is 2. The molecule has 6 nitrogen and oxygen atoms in total. The van der Waals surface area contributed by atoms with E-state index in [-0.39, 0.29) is 36.1 Å². The van der Waals surface area contributed by atoms with E-state index in [0.717, 1.165) is 16.8 Å². The van der Waals surface area contributed by atoms with Crippen molar-refractivity contribution in [1.82, 2.24) is 14.7 Å². The molecule has 0 spiro atoms. The van der Waals surface area contributed by atoms with Crippen LogP contribution in [0.25, 0.3) is 5.69 Å². The molecule has 0 radical (unpaired) electrons. The zero-order valence-corrected chi connectivity index (χ0v) is 16.7. The van der Waals surface area contributed by atoms with Crippen LogP contribution in [0.15, 0.2) is 54.7 Å². The van der Waals surface area contributed by atoms with Crippen LogP contribution in [0.2, 0.25) is 0 Å². The molecule has 0 unspecified atom stereocenters. The average Bonchev–Trinajstić information content (AvgIpc) is 3.18. The molecule has 0 atom stereocenters. The monoisotopic (exact) mass is 437 g/mol. The minimum Gasteiger partial charge on any atom is -0.493 e. The molecule has 2 aromatic carbocycles. The highest BCUT2D eigenvalue weighted by atomic mass is 19.4. The van der Waals surface area contributed by atoms with E-state index in [1.165, 1.54) is 61.7 Å². The van der Waals surface area contributed by atoms with Crippen molar-refractivity contribution in [1.29, 1.82) is 0 Å². The number of alkyl halides is 3. The minimum absolute atomic E-state index is 0.0517. The van der Waals surface area contributed by atoms with Gasteiger partial charge in [0.05, 0.1) is 31.1 Å². The van der Waals surface area contributed by atoms with Gasteiger partial charge in [-0.2, -0.15) is 18.3 Å². The molecule has 0 aliphatic carbocycles. The lowest BCUT2D eigenvalue weighted by Gasteiger charge is -2.16. The van der Waals surface area contributed by atoms with Gasteiger partial charge in [0, 0.05) is 7.05 Å². The Morgan fingerprint density at radius 1 is 1.16 bits per heavy atom. The third-order valence-corrected chi connectivity index (χ3v) is 4.40. The highest BCUT2D eigenvalue weighted by Crippen LogP contribution is 2.31. The first-order chi connectivity index (χ1) is 14.7. The molecule has 0 aliphatic rings. The van der Waals surface area contributed by atoms with Gasteiger partial charge >= 0.3 is 6.18 Å². The van der Waals surface area contributed by atoms with Gasteiger partial charge in [-0.1, -0.05) is 6.07 Å². The standard InChI is InChI=1S/C21H19F4N3O3/c1-27(10-11-31-17-8-6-15(22)7-9-17)20(29)19-18(30-2)13-28(26-19)16-5-3-4-14(12-16)21(23,24)25/h3-9,12-13H,10-11H2,1-2H3. The molecule has 0 bridgehead atoms. The van der Waals surface area contributed by atoms with E-state index in [9.17, 15) is 22.4 Å². The normalized spacial score (nSPS) is 11.3. The quantitative estimate of drug-likeness (QED) is 0.520. The van der Waals surface area contributed by atoms with Gasteiger partial charge in [-0.05, 0) is 42.5 Å². The molecule has 1 heterocycles. The summed E-state index contributed by atoms with van der Waals surface area (Å²) < 4.78 is 63.7. The fraction of sp³-hybridized carbons (Fsp3) is 0.238. The summed E-state index contributed by atoms with van der Waals surface area (Å²) in [4.78, 5) is 14.1. The summed E-state index contributed by atoms with van der Waals surface area (Å²) in [5.74, 6) is -0.309. The Kier molecular flexibility index (Phi) is 6.47. The number of nitrogens with zero attached hydrogens (tertiary/aromatic N) is 3. The lowest BCUT2D eigenvalue weighted by molar-refractivity contribution is -0.137. The number of hydrogen-bond acceptors (Lipinski definition) is 4. The fourth-order valence-electron chi connectivity index (χ4n) is 2.73. The third-order valence-electron chi connectivity index (χ3n) is 4.40. The summed E-state index contributed by atoms with van der Waals surface area (Å²) in [6.07, 6.45) is -3.16.